The second-order valence-corrected chi connectivity index (χ2v) is 7.84. The number of fused-ring (bicyclic) bond motifs is 1. The molecule has 1 saturated heterocycles. The number of piperidine rings is 1. The lowest BCUT2D eigenvalue weighted by atomic mass is 9.83. The van der Waals surface area contributed by atoms with E-state index in [0.29, 0.717) is 43.6 Å². The number of pyridine rings is 1. The van der Waals surface area contributed by atoms with Gasteiger partial charge < -0.3 is 5.11 Å². The van der Waals surface area contributed by atoms with Crippen molar-refractivity contribution in [3.05, 3.63) is 76.5 Å². The second kappa shape index (κ2) is 7.22. The fourth-order valence-corrected chi connectivity index (χ4v) is 3.94. The molecule has 0 bridgehead atoms. The van der Waals surface area contributed by atoms with Crippen molar-refractivity contribution in [2.45, 2.75) is 38.8 Å². The van der Waals surface area contributed by atoms with Crippen LogP contribution in [0.25, 0.3) is 10.9 Å². The molecule has 1 fully saturated rings. The summed E-state index contributed by atoms with van der Waals surface area (Å²) in [6, 6.07) is 13.1. The van der Waals surface area contributed by atoms with Crippen LogP contribution >= 0.6 is 0 Å². The summed E-state index contributed by atoms with van der Waals surface area (Å²) in [6.45, 7) is 5.11. The third-order valence-electron chi connectivity index (χ3n) is 5.80. The molecule has 2 heterocycles. The van der Waals surface area contributed by atoms with Crippen LogP contribution in [0.4, 0.5) is 8.78 Å². The summed E-state index contributed by atoms with van der Waals surface area (Å²) in [6.07, 6.45) is 1.10. The molecule has 28 heavy (non-hydrogen) atoms. The Labute approximate surface area is 163 Å². The van der Waals surface area contributed by atoms with E-state index in [4.69, 9.17) is 0 Å². The Morgan fingerprint density at radius 1 is 1.00 bits per heavy atom. The van der Waals surface area contributed by atoms with Gasteiger partial charge in [-0.05, 0) is 56.0 Å². The zero-order valence-electron chi connectivity index (χ0n) is 16.2. The highest BCUT2D eigenvalue weighted by Crippen LogP contribution is 2.35. The standard InChI is InChI=1S/C23H24F2N2O/c1-15-3-5-18(22(25)21(15)24)14-27-11-9-23(28,10-12-27)19-7-8-20-17(13-19)6-4-16(2)26-20/h3-8,13,28H,9-12,14H2,1-2H3. The molecule has 2 aromatic carbocycles. The van der Waals surface area contributed by atoms with Crippen molar-refractivity contribution in [2.75, 3.05) is 13.1 Å². The Hall–Kier alpha value is -2.37. The molecule has 1 aliphatic heterocycles. The van der Waals surface area contributed by atoms with Crippen LogP contribution in [0.1, 0.15) is 35.2 Å². The van der Waals surface area contributed by atoms with Crippen molar-refractivity contribution in [2.24, 2.45) is 0 Å². The largest absolute Gasteiger partial charge is 0.385 e. The highest BCUT2D eigenvalue weighted by Gasteiger charge is 2.34. The molecular weight excluding hydrogens is 358 g/mol. The molecule has 0 aliphatic carbocycles. The van der Waals surface area contributed by atoms with Crippen LogP contribution in [0.2, 0.25) is 0 Å². The highest BCUT2D eigenvalue weighted by molar-refractivity contribution is 5.79. The topological polar surface area (TPSA) is 36.4 Å². The molecule has 3 aromatic rings. The summed E-state index contributed by atoms with van der Waals surface area (Å²) in [5, 5.41) is 12.2. The van der Waals surface area contributed by atoms with E-state index in [1.54, 1.807) is 19.1 Å². The fraction of sp³-hybridized carbons (Fsp3) is 0.348. The Morgan fingerprint density at radius 3 is 2.50 bits per heavy atom. The normalized spacial score (nSPS) is 17.2. The number of aromatic nitrogens is 1. The van der Waals surface area contributed by atoms with Gasteiger partial charge in [-0.15, -0.1) is 0 Å². The zero-order chi connectivity index (χ0) is 19.9. The van der Waals surface area contributed by atoms with Gasteiger partial charge in [0, 0.05) is 36.3 Å². The number of hydrogen-bond acceptors (Lipinski definition) is 3. The van der Waals surface area contributed by atoms with E-state index in [0.717, 1.165) is 22.2 Å². The van der Waals surface area contributed by atoms with Crippen molar-refractivity contribution >= 4 is 10.9 Å². The van der Waals surface area contributed by atoms with Crippen molar-refractivity contribution in [1.82, 2.24) is 9.88 Å². The predicted molar refractivity (Wildman–Crippen MR) is 106 cm³/mol. The number of aryl methyl sites for hydroxylation is 2. The summed E-state index contributed by atoms with van der Waals surface area (Å²) in [4.78, 5) is 6.57. The van der Waals surface area contributed by atoms with E-state index >= 15 is 0 Å². The molecule has 0 spiro atoms. The van der Waals surface area contributed by atoms with Crippen LogP contribution in [0, 0.1) is 25.5 Å². The number of benzene rings is 2. The number of rotatable bonds is 3. The van der Waals surface area contributed by atoms with Gasteiger partial charge in [-0.3, -0.25) is 9.88 Å². The smallest absolute Gasteiger partial charge is 0.163 e. The summed E-state index contributed by atoms with van der Waals surface area (Å²) in [5.41, 5.74) is 2.54. The third-order valence-corrected chi connectivity index (χ3v) is 5.80. The van der Waals surface area contributed by atoms with Crippen LogP contribution in [0.5, 0.6) is 0 Å². The molecular formula is C23H24F2N2O. The Morgan fingerprint density at radius 2 is 1.75 bits per heavy atom. The Bertz CT molecular complexity index is 1030. The molecule has 3 nitrogen and oxygen atoms in total. The molecule has 0 unspecified atom stereocenters. The summed E-state index contributed by atoms with van der Waals surface area (Å²) < 4.78 is 28.0. The van der Waals surface area contributed by atoms with Crippen LogP contribution in [0.15, 0.2) is 42.5 Å². The van der Waals surface area contributed by atoms with E-state index in [9.17, 15) is 13.9 Å². The lowest BCUT2D eigenvalue weighted by Gasteiger charge is -2.38. The average molecular weight is 382 g/mol. The Balaban J connectivity index is 1.48. The van der Waals surface area contributed by atoms with Gasteiger partial charge in [0.1, 0.15) is 0 Å². The van der Waals surface area contributed by atoms with E-state index in [-0.39, 0.29) is 0 Å². The number of likely N-dealkylation sites (tertiary alicyclic amines) is 1. The summed E-state index contributed by atoms with van der Waals surface area (Å²) in [5.74, 6) is -1.54. The van der Waals surface area contributed by atoms with Gasteiger partial charge in [-0.2, -0.15) is 0 Å². The van der Waals surface area contributed by atoms with Crippen LogP contribution in [-0.2, 0) is 12.1 Å². The van der Waals surface area contributed by atoms with Crippen LogP contribution < -0.4 is 0 Å². The molecule has 1 N–H and O–H groups in total. The summed E-state index contributed by atoms with van der Waals surface area (Å²) in [7, 11) is 0. The SMILES string of the molecule is Cc1ccc2cc(C3(O)CCN(Cc4ccc(C)c(F)c4F)CC3)ccc2n1. The zero-order valence-corrected chi connectivity index (χ0v) is 16.2. The highest BCUT2D eigenvalue weighted by atomic mass is 19.2. The predicted octanol–water partition coefficient (Wildman–Crippen LogP) is 4.61. The minimum atomic E-state index is -0.910. The number of nitrogens with zero attached hydrogens (tertiary/aromatic N) is 2. The molecule has 4 rings (SSSR count). The van der Waals surface area contributed by atoms with E-state index < -0.39 is 17.2 Å². The van der Waals surface area contributed by atoms with Gasteiger partial charge in [0.15, 0.2) is 11.6 Å². The van der Waals surface area contributed by atoms with Crippen molar-refractivity contribution < 1.29 is 13.9 Å². The fourth-order valence-electron chi connectivity index (χ4n) is 3.94. The van der Waals surface area contributed by atoms with Gasteiger partial charge >= 0.3 is 0 Å². The lowest BCUT2D eigenvalue weighted by molar-refractivity contribution is -0.0278. The molecule has 0 amide bonds. The van der Waals surface area contributed by atoms with Crippen LogP contribution in [-0.4, -0.2) is 28.1 Å². The lowest BCUT2D eigenvalue weighted by Crippen LogP contribution is -2.42. The van der Waals surface area contributed by atoms with Gasteiger partial charge in [0.2, 0.25) is 0 Å². The molecule has 0 saturated carbocycles. The minimum Gasteiger partial charge on any atom is -0.385 e. The van der Waals surface area contributed by atoms with E-state index in [1.165, 1.54) is 0 Å². The van der Waals surface area contributed by atoms with E-state index in [1.807, 2.05) is 37.3 Å². The van der Waals surface area contributed by atoms with Gasteiger partial charge in [-0.1, -0.05) is 24.3 Å². The van der Waals surface area contributed by atoms with Crippen molar-refractivity contribution in [3.63, 3.8) is 0 Å². The molecule has 146 valence electrons. The molecule has 5 heteroatoms. The quantitative estimate of drug-likeness (QED) is 0.718. The van der Waals surface area contributed by atoms with Crippen molar-refractivity contribution in [3.8, 4) is 0 Å². The van der Waals surface area contributed by atoms with Gasteiger partial charge in [0.25, 0.3) is 0 Å². The molecule has 0 atom stereocenters. The number of hydrogen-bond donors (Lipinski definition) is 1. The maximum absolute atomic E-state index is 14.2. The molecule has 1 aromatic heterocycles. The minimum absolute atomic E-state index is 0.315. The number of aliphatic hydroxyl groups is 1. The second-order valence-electron chi connectivity index (χ2n) is 7.84. The monoisotopic (exact) mass is 382 g/mol. The van der Waals surface area contributed by atoms with Crippen LogP contribution in [0.3, 0.4) is 0 Å². The first-order chi connectivity index (χ1) is 13.4. The third kappa shape index (κ3) is 3.52. The van der Waals surface area contributed by atoms with E-state index in [2.05, 4.69) is 9.88 Å². The van der Waals surface area contributed by atoms with Gasteiger partial charge in [0.05, 0.1) is 11.1 Å². The van der Waals surface area contributed by atoms with Crippen molar-refractivity contribution in [1.29, 1.82) is 0 Å². The molecule has 1 aliphatic rings. The Kier molecular flexibility index (Phi) is 4.89. The molecule has 0 radical (unpaired) electrons. The first-order valence-electron chi connectivity index (χ1n) is 9.62. The average Bonchev–Trinajstić information content (AvgIpc) is 2.69. The maximum atomic E-state index is 14.2. The first kappa shape index (κ1) is 19.0. The van der Waals surface area contributed by atoms with Gasteiger partial charge in [-0.25, -0.2) is 8.78 Å². The number of halogens is 2. The summed E-state index contributed by atoms with van der Waals surface area (Å²) >= 11 is 0. The first-order valence-corrected chi connectivity index (χ1v) is 9.62. The maximum Gasteiger partial charge on any atom is 0.163 e.